The summed E-state index contributed by atoms with van der Waals surface area (Å²) in [5.74, 6) is -0.109. The molecular formula is C19H17N3O5. The Morgan fingerprint density at radius 1 is 1.26 bits per heavy atom. The predicted molar refractivity (Wildman–Crippen MR) is 95.9 cm³/mol. The molecule has 0 saturated carbocycles. The molecule has 0 unspecified atom stereocenters. The summed E-state index contributed by atoms with van der Waals surface area (Å²) in [5.41, 5.74) is 5.77. The Morgan fingerprint density at radius 2 is 2.04 bits per heavy atom. The van der Waals surface area contributed by atoms with Crippen LogP contribution in [-0.4, -0.2) is 28.6 Å². The van der Waals surface area contributed by atoms with E-state index in [0.717, 1.165) is 16.6 Å². The van der Waals surface area contributed by atoms with Crippen LogP contribution < -0.4 is 15.1 Å². The number of amides is 2. The Morgan fingerprint density at radius 3 is 2.81 bits per heavy atom. The van der Waals surface area contributed by atoms with E-state index in [2.05, 4.69) is 4.98 Å². The summed E-state index contributed by atoms with van der Waals surface area (Å²) < 4.78 is 11.2. The van der Waals surface area contributed by atoms with Crippen molar-refractivity contribution in [2.75, 3.05) is 11.5 Å². The molecule has 2 amide bonds. The Kier molecular flexibility index (Phi) is 4.04. The van der Waals surface area contributed by atoms with Crippen molar-refractivity contribution < 1.29 is 24.0 Å². The van der Waals surface area contributed by atoms with Gasteiger partial charge in [-0.3, -0.25) is 19.7 Å². The van der Waals surface area contributed by atoms with Crippen molar-refractivity contribution >= 4 is 28.6 Å². The number of hydrogen-bond donors (Lipinski definition) is 2. The number of aryl methyl sites for hydroxylation is 2. The van der Waals surface area contributed by atoms with E-state index in [-0.39, 0.29) is 24.6 Å². The minimum absolute atomic E-state index is 0.103. The molecule has 27 heavy (non-hydrogen) atoms. The van der Waals surface area contributed by atoms with E-state index >= 15 is 0 Å². The van der Waals surface area contributed by atoms with E-state index in [1.165, 1.54) is 17.0 Å². The third-order valence-corrected chi connectivity index (χ3v) is 4.61. The zero-order valence-corrected chi connectivity index (χ0v) is 14.8. The number of fused-ring (bicyclic) bond motifs is 2. The molecule has 8 heteroatoms. The van der Waals surface area contributed by atoms with Gasteiger partial charge in [0.05, 0.1) is 5.69 Å². The van der Waals surface area contributed by atoms with Crippen molar-refractivity contribution in [2.45, 2.75) is 20.4 Å². The molecule has 2 N–H and O–H groups in total. The van der Waals surface area contributed by atoms with Crippen molar-refractivity contribution in [1.29, 1.82) is 0 Å². The molecule has 0 radical (unpaired) electrons. The van der Waals surface area contributed by atoms with Crippen LogP contribution in [0.3, 0.4) is 0 Å². The highest BCUT2D eigenvalue weighted by molar-refractivity contribution is 6.01. The molecule has 0 atom stereocenters. The molecular weight excluding hydrogens is 350 g/mol. The van der Waals surface area contributed by atoms with Gasteiger partial charge in [0.2, 0.25) is 5.89 Å². The topological polar surface area (TPSA) is 105 Å². The lowest BCUT2D eigenvalue weighted by Crippen LogP contribution is -2.38. The first-order chi connectivity index (χ1) is 13.0. The SMILES string of the molecule is Cc1cc2nc(CN3C(=O)COc4ccc(C(=O)NO)cc43)oc2cc1C. The van der Waals surface area contributed by atoms with Crippen molar-refractivity contribution in [1.82, 2.24) is 10.5 Å². The average Bonchev–Trinajstić information content (AvgIpc) is 3.04. The molecule has 1 aliphatic heterocycles. The van der Waals surface area contributed by atoms with Gasteiger partial charge in [0.25, 0.3) is 11.8 Å². The van der Waals surface area contributed by atoms with E-state index in [9.17, 15) is 9.59 Å². The van der Waals surface area contributed by atoms with Gasteiger partial charge in [-0.25, -0.2) is 10.5 Å². The van der Waals surface area contributed by atoms with Gasteiger partial charge in [0, 0.05) is 5.56 Å². The van der Waals surface area contributed by atoms with Gasteiger partial charge in [-0.1, -0.05) is 0 Å². The van der Waals surface area contributed by atoms with Gasteiger partial charge in [-0.2, -0.15) is 0 Å². The largest absolute Gasteiger partial charge is 0.482 e. The number of hydroxylamine groups is 1. The van der Waals surface area contributed by atoms with Crippen LogP contribution >= 0.6 is 0 Å². The summed E-state index contributed by atoms with van der Waals surface area (Å²) in [5, 5.41) is 8.83. The van der Waals surface area contributed by atoms with Crippen molar-refractivity contribution in [3.05, 3.63) is 52.9 Å². The lowest BCUT2D eigenvalue weighted by atomic mass is 10.1. The summed E-state index contributed by atoms with van der Waals surface area (Å²) in [6.07, 6.45) is 0. The smallest absolute Gasteiger partial charge is 0.274 e. The summed E-state index contributed by atoms with van der Waals surface area (Å²) in [7, 11) is 0. The zero-order valence-electron chi connectivity index (χ0n) is 14.8. The molecule has 138 valence electrons. The first kappa shape index (κ1) is 17.0. The number of oxazole rings is 1. The van der Waals surface area contributed by atoms with Crippen LogP contribution in [0.2, 0.25) is 0 Å². The van der Waals surface area contributed by atoms with Crippen LogP contribution in [0.5, 0.6) is 5.75 Å². The molecule has 0 bridgehead atoms. The van der Waals surface area contributed by atoms with Crippen LogP contribution in [0.1, 0.15) is 27.4 Å². The number of benzene rings is 2. The van der Waals surface area contributed by atoms with Gasteiger partial charge >= 0.3 is 0 Å². The summed E-state index contributed by atoms with van der Waals surface area (Å²) >= 11 is 0. The van der Waals surface area contributed by atoms with Gasteiger partial charge in [0.1, 0.15) is 17.8 Å². The fraction of sp³-hybridized carbons (Fsp3) is 0.211. The van der Waals surface area contributed by atoms with E-state index in [1.807, 2.05) is 26.0 Å². The second-order valence-corrected chi connectivity index (χ2v) is 6.40. The van der Waals surface area contributed by atoms with Crippen LogP contribution in [0.25, 0.3) is 11.1 Å². The Labute approximate surface area is 154 Å². The number of rotatable bonds is 3. The Balaban J connectivity index is 1.72. The first-order valence-corrected chi connectivity index (χ1v) is 8.34. The molecule has 0 saturated heterocycles. The monoisotopic (exact) mass is 367 g/mol. The molecule has 0 fully saturated rings. The second-order valence-electron chi connectivity index (χ2n) is 6.40. The summed E-state index contributed by atoms with van der Waals surface area (Å²) in [4.78, 5) is 30.0. The van der Waals surface area contributed by atoms with Crippen LogP contribution in [0, 0.1) is 13.8 Å². The maximum Gasteiger partial charge on any atom is 0.274 e. The predicted octanol–water partition coefficient (Wildman–Crippen LogP) is 2.49. The average molecular weight is 367 g/mol. The molecule has 2 heterocycles. The molecule has 0 aliphatic carbocycles. The minimum Gasteiger partial charge on any atom is -0.482 e. The third-order valence-electron chi connectivity index (χ3n) is 4.61. The van der Waals surface area contributed by atoms with Crippen molar-refractivity contribution in [3.8, 4) is 5.75 Å². The number of anilines is 1. The quantitative estimate of drug-likeness (QED) is 0.544. The lowest BCUT2D eigenvalue weighted by Gasteiger charge is -2.28. The number of ether oxygens (including phenoxy) is 1. The second kappa shape index (κ2) is 6.40. The summed E-state index contributed by atoms with van der Waals surface area (Å²) in [6, 6.07) is 8.42. The standard InChI is InChI=1S/C19H17N3O5/c1-10-5-13-16(6-11(10)2)27-17(20-13)8-22-14-7-12(19(24)21-25)3-4-15(14)26-9-18(22)23/h3-7,25H,8-9H2,1-2H3,(H,21,24). The van der Waals surface area contributed by atoms with Crippen LogP contribution in [-0.2, 0) is 11.3 Å². The molecule has 1 aliphatic rings. The fourth-order valence-corrected chi connectivity index (χ4v) is 3.01. The Hall–Kier alpha value is -3.39. The fourth-order valence-electron chi connectivity index (χ4n) is 3.01. The van der Waals surface area contributed by atoms with Crippen LogP contribution in [0.4, 0.5) is 5.69 Å². The molecule has 3 aromatic rings. The van der Waals surface area contributed by atoms with Gasteiger partial charge < -0.3 is 9.15 Å². The number of carbonyl (C=O) groups excluding carboxylic acids is 2. The van der Waals surface area contributed by atoms with Gasteiger partial charge in [-0.05, 0) is 55.3 Å². The normalized spacial score (nSPS) is 13.4. The van der Waals surface area contributed by atoms with E-state index in [1.54, 1.807) is 11.5 Å². The Bertz CT molecular complexity index is 1030. The highest BCUT2D eigenvalue weighted by atomic mass is 16.5. The van der Waals surface area contributed by atoms with Gasteiger partial charge in [-0.15, -0.1) is 0 Å². The van der Waals surface area contributed by atoms with Crippen molar-refractivity contribution in [3.63, 3.8) is 0 Å². The van der Waals surface area contributed by atoms with Crippen molar-refractivity contribution in [2.24, 2.45) is 0 Å². The third kappa shape index (κ3) is 3.00. The minimum atomic E-state index is -0.677. The maximum absolute atomic E-state index is 12.4. The molecule has 8 nitrogen and oxygen atoms in total. The number of nitrogens with zero attached hydrogens (tertiary/aromatic N) is 2. The number of aromatic nitrogens is 1. The van der Waals surface area contributed by atoms with E-state index in [0.29, 0.717) is 22.9 Å². The molecule has 4 rings (SSSR count). The molecule has 2 aromatic carbocycles. The van der Waals surface area contributed by atoms with Crippen LogP contribution in [0.15, 0.2) is 34.7 Å². The highest BCUT2D eigenvalue weighted by Gasteiger charge is 2.28. The number of hydrogen-bond acceptors (Lipinski definition) is 6. The number of carbonyl (C=O) groups is 2. The lowest BCUT2D eigenvalue weighted by molar-refractivity contribution is -0.121. The van der Waals surface area contributed by atoms with Gasteiger partial charge in [0.15, 0.2) is 12.2 Å². The van der Waals surface area contributed by atoms with E-state index < -0.39 is 5.91 Å². The summed E-state index contributed by atoms with van der Waals surface area (Å²) in [6.45, 7) is 3.98. The van der Waals surface area contributed by atoms with E-state index in [4.69, 9.17) is 14.4 Å². The molecule has 0 spiro atoms. The molecule has 1 aromatic heterocycles. The number of nitrogens with one attached hydrogen (secondary N) is 1. The maximum atomic E-state index is 12.4. The first-order valence-electron chi connectivity index (χ1n) is 8.34. The highest BCUT2D eigenvalue weighted by Crippen LogP contribution is 2.34. The zero-order chi connectivity index (χ0) is 19.1.